The SMILES string of the molecule is COCCCN1C(=O)c2ccc(NC(=O)Nc3cccc(C)c3)cc2C1=O. The summed E-state index contributed by atoms with van der Waals surface area (Å²) in [7, 11) is 1.57. The van der Waals surface area contributed by atoms with E-state index in [1.54, 1.807) is 25.3 Å². The lowest BCUT2D eigenvalue weighted by Gasteiger charge is -2.12. The molecule has 140 valence electrons. The molecule has 0 saturated heterocycles. The Kier molecular flexibility index (Phi) is 5.52. The third-order valence-corrected chi connectivity index (χ3v) is 4.23. The zero-order valence-electron chi connectivity index (χ0n) is 15.2. The topological polar surface area (TPSA) is 87.7 Å². The monoisotopic (exact) mass is 367 g/mol. The number of aryl methyl sites for hydroxylation is 1. The molecule has 2 N–H and O–H groups in total. The molecule has 0 saturated carbocycles. The maximum absolute atomic E-state index is 12.5. The number of carbonyl (C=O) groups is 3. The van der Waals surface area contributed by atoms with Crippen LogP contribution in [0.25, 0.3) is 0 Å². The first-order valence-corrected chi connectivity index (χ1v) is 8.63. The largest absolute Gasteiger partial charge is 0.385 e. The number of carbonyl (C=O) groups excluding carboxylic acids is 3. The van der Waals surface area contributed by atoms with Crippen molar-refractivity contribution in [3.05, 3.63) is 59.2 Å². The molecule has 1 aliphatic rings. The Morgan fingerprint density at radius 1 is 1.00 bits per heavy atom. The average molecular weight is 367 g/mol. The predicted octanol–water partition coefficient (Wildman–Crippen LogP) is 3.27. The average Bonchev–Trinajstić information content (AvgIpc) is 2.86. The van der Waals surface area contributed by atoms with Crippen LogP contribution in [0.5, 0.6) is 0 Å². The molecule has 1 aliphatic heterocycles. The van der Waals surface area contributed by atoms with Crippen LogP contribution in [-0.2, 0) is 4.74 Å². The Morgan fingerprint density at radius 2 is 1.70 bits per heavy atom. The summed E-state index contributed by atoms with van der Waals surface area (Å²) in [6.45, 7) is 2.71. The molecule has 0 fully saturated rings. The molecule has 0 aliphatic carbocycles. The highest BCUT2D eigenvalue weighted by Gasteiger charge is 2.35. The van der Waals surface area contributed by atoms with Crippen molar-refractivity contribution in [2.45, 2.75) is 13.3 Å². The molecule has 27 heavy (non-hydrogen) atoms. The fourth-order valence-electron chi connectivity index (χ4n) is 2.95. The van der Waals surface area contributed by atoms with E-state index in [0.29, 0.717) is 42.1 Å². The van der Waals surface area contributed by atoms with E-state index < -0.39 is 6.03 Å². The van der Waals surface area contributed by atoms with Crippen LogP contribution >= 0.6 is 0 Å². The predicted molar refractivity (Wildman–Crippen MR) is 102 cm³/mol. The van der Waals surface area contributed by atoms with Crippen LogP contribution in [0.4, 0.5) is 16.2 Å². The van der Waals surface area contributed by atoms with Gasteiger partial charge >= 0.3 is 6.03 Å². The summed E-state index contributed by atoms with van der Waals surface area (Å²) in [4.78, 5) is 38.3. The van der Waals surface area contributed by atoms with Gasteiger partial charge in [0.25, 0.3) is 11.8 Å². The summed E-state index contributed by atoms with van der Waals surface area (Å²) in [5, 5.41) is 5.43. The number of amides is 4. The standard InChI is InChI=1S/C20H21N3O4/c1-13-5-3-6-14(11-13)21-20(26)22-15-7-8-16-17(12-15)19(25)23(18(16)24)9-4-10-27-2/h3,5-8,11-12H,4,9-10H2,1-2H3,(H2,21,22,26). The van der Waals surface area contributed by atoms with E-state index in [0.717, 1.165) is 5.56 Å². The molecule has 0 atom stereocenters. The summed E-state index contributed by atoms with van der Waals surface area (Å²) >= 11 is 0. The van der Waals surface area contributed by atoms with Crippen molar-refractivity contribution < 1.29 is 19.1 Å². The van der Waals surface area contributed by atoms with Gasteiger partial charge in [0.1, 0.15) is 0 Å². The van der Waals surface area contributed by atoms with Crippen LogP contribution in [0.2, 0.25) is 0 Å². The lowest BCUT2D eigenvalue weighted by molar-refractivity contribution is 0.0638. The number of nitrogens with one attached hydrogen (secondary N) is 2. The molecule has 7 heteroatoms. The Balaban J connectivity index is 1.69. The summed E-state index contributed by atoms with van der Waals surface area (Å²) in [6, 6.07) is 11.7. The van der Waals surface area contributed by atoms with Crippen molar-refractivity contribution in [1.82, 2.24) is 4.90 Å². The van der Waals surface area contributed by atoms with E-state index in [2.05, 4.69) is 10.6 Å². The second-order valence-electron chi connectivity index (χ2n) is 6.32. The molecular weight excluding hydrogens is 346 g/mol. The highest BCUT2D eigenvalue weighted by molar-refractivity contribution is 6.22. The summed E-state index contributed by atoms with van der Waals surface area (Å²) in [6.07, 6.45) is 0.575. The van der Waals surface area contributed by atoms with Gasteiger partial charge < -0.3 is 15.4 Å². The number of rotatable bonds is 6. The fourth-order valence-corrected chi connectivity index (χ4v) is 2.95. The Morgan fingerprint density at radius 3 is 2.41 bits per heavy atom. The van der Waals surface area contributed by atoms with Gasteiger partial charge in [-0.25, -0.2) is 4.79 Å². The number of methoxy groups -OCH3 is 1. The molecule has 4 amide bonds. The van der Waals surface area contributed by atoms with Gasteiger partial charge in [0.05, 0.1) is 11.1 Å². The van der Waals surface area contributed by atoms with Crippen LogP contribution in [0, 0.1) is 6.92 Å². The van der Waals surface area contributed by atoms with Crippen LogP contribution in [0.15, 0.2) is 42.5 Å². The van der Waals surface area contributed by atoms with Gasteiger partial charge in [-0.1, -0.05) is 12.1 Å². The number of urea groups is 1. The van der Waals surface area contributed by atoms with Gasteiger partial charge in [-0.2, -0.15) is 0 Å². The normalized spacial score (nSPS) is 12.9. The second kappa shape index (κ2) is 8.01. The lowest BCUT2D eigenvalue weighted by atomic mass is 10.1. The van der Waals surface area contributed by atoms with Crippen molar-refractivity contribution in [2.75, 3.05) is 30.9 Å². The molecule has 0 bridgehead atoms. The molecule has 0 unspecified atom stereocenters. The smallest absolute Gasteiger partial charge is 0.323 e. The third kappa shape index (κ3) is 4.15. The van der Waals surface area contributed by atoms with Crippen molar-refractivity contribution in [3.8, 4) is 0 Å². The number of benzene rings is 2. The van der Waals surface area contributed by atoms with Crippen LogP contribution in [0.1, 0.15) is 32.7 Å². The highest BCUT2D eigenvalue weighted by atomic mass is 16.5. The molecule has 0 aromatic heterocycles. The molecule has 7 nitrogen and oxygen atoms in total. The van der Waals surface area contributed by atoms with Gasteiger partial charge in [0.2, 0.25) is 0 Å². The van der Waals surface area contributed by atoms with Crippen molar-refractivity contribution in [1.29, 1.82) is 0 Å². The highest BCUT2D eigenvalue weighted by Crippen LogP contribution is 2.26. The molecule has 0 spiro atoms. The summed E-state index contributed by atoms with van der Waals surface area (Å²) < 4.78 is 4.96. The zero-order valence-corrected chi connectivity index (χ0v) is 15.2. The van der Waals surface area contributed by atoms with Gasteiger partial charge in [-0.05, 0) is 49.2 Å². The number of anilines is 2. The van der Waals surface area contributed by atoms with Gasteiger partial charge in [0, 0.05) is 31.6 Å². The van der Waals surface area contributed by atoms with Crippen molar-refractivity contribution >= 4 is 29.2 Å². The molecule has 2 aromatic carbocycles. The fraction of sp³-hybridized carbons (Fsp3) is 0.250. The number of nitrogens with zero attached hydrogens (tertiary/aromatic N) is 1. The molecule has 3 rings (SSSR count). The van der Waals surface area contributed by atoms with Crippen LogP contribution in [0.3, 0.4) is 0 Å². The van der Waals surface area contributed by atoms with E-state index >= 15 is 0 Å². The number of fused-ring (bicyclic) bond motifs is 1. The Labute approximate surface area is 157 Å². The number of hydrogen-bond acceptors (Lipinski definition) is 4. The molecule has 2 aromatic rings. The minimum atomic E-state index is -0.422. The van der Waals surface area contributed by atoms with E-state index in [1.165, 1.54) is 11.0 Å². The first-order valence-electron chi connectivity index (χ1n) is 8.63. The van der Waals surface area contributed by atoms with Gasteiger partial charge in [-0.3, -0.25) is 14.5 Å². The minimum Gasteiger partial charge on any atom is -0.385 e. The van der Waals surface area contributed by atoms with Crippen LogP contribution < -0.4 is 10.6 Å². The Hall–Kier alpha value is -3.19. The zero-order chi connectivity index (χ0) is 19.4. The van der Waals surface area contributed by atoms with Gasteiger partial charge in [-0.15, -0.1) is 0 Å². The number of ether oxygens (including phenoxy) is 1. The maximum Gasteiger partial charge on any atom is 0.323 e. The number of imide groups is 1. The van der Waals surface area contributed by atoms with E-state index in [1.807, 2.05) is 25.1 Å². The van der Waals surface area contributed by atoms with Crippen LogP contribution in [-0.4, -0.2) is 43.0 Å². The summed E-state index contributed by atoms with van der Waals surface area (Å²) in [5.41, 5.74) is 2.79. The van der Waals surface area contributed by atoms with Gasteiger partial charge in [0.15, 0.2) is 0 Å². The van der Waals surface area contributed by atoms with E-state index in [-0.39, 0.29) is 11.8 Å². The third-order valence-electron chi connectivity index (χ3n) is 4.23. The maximum atomic E-state index is 12.5. The first kappa shape index (κ1) is 18.6. The van der Waals surface area contributed by atoms with Crippen molar-refractivity contribution in [2.24, 2.45) is 0 Å². The first-order chi connectivity index (χ1) is 13.0. The molecule has 1 heterocycles. The quantitative estimate of drug-likeness (QED) is 0.606. The van der Waals surface area contributed by atoms with E-state index in [4.69, 9.17) is 4.74 Å². The van der Waals surface area contributed by atoms with E-state index in [9.17, 15) is 14.4 Å². The molecule has 0 radical (unpaired) electrons. The lowest BCUT2D eigenvalue weighted by Crippen LogP contribution is -2.31. The Bertz CT molecular complexity index is 895. The molecular formula is C20H21N3O4. The minimum absolute atomic E-state index is 0.297. The second-order valence-corrected chi connectivity index (χ2v) is 6.32. The number of hydrogen-bond donors (Lipinski definition) is 2. The van der Waals surface area contributed by atoms with Crippen molar-refractivity contribution in [3.63, 3.8) is 0 Å². The summed E-state index contributed by atoms with van der Waals surface area (Å²) in [5.74, 6) is -0.671.